The summed E-state index contributed by atoms with van der Waals surface area (Å²) < 4.78 is 5.14. The van der Waals surface area contributed by atoms with E-state index < -0.39 is 41.6 Å². The first-order chi connectivity index (χ1) is 8.70. The Morgan fingerprint density at radius 1 is 1.47 bits per heavy atom. The van der Waals surface area contributed by atoms with Crippen molar-refractivity contribution in [3.05, 3.63) is 0 Å². The highest BCUT2D eigenvalue weighted by molar-refractivity contribution is 5.88. The maximum atomic E-state index is 12.0. The minimum Gasteiger partial charge on any atom is -0.480 e. The SMILES string of the molecule is CC(C)(C)OC(=O)N1C[C@H]2C(=O)NO[C@H]2[C@@H]1C(=O)O. The van der Waals surface area contributed by atoms with E-state index in [9.17, 15) is 19.5 Å². The largest absolute Gasteiger partial charge is 0.480 e. The monoisotopic (exact) mass is 272 g/mol. The summed E-state index contributed by atoms with van der Waals surface area (Å²) >= 11 is 0. The number of nitrogens with zero attached hydrogens (tertiary/aromatic N) is 1. The van der Waals surface area contributed by atoms with Gasteiger partial charge < -0.3 is 9.84 Å². The fourth-order valence-corrected chi connectivity index (χ4v) is 2.19. The molecular weight excluding hydrogens is 256 g/mol. The van der Waals surface area contributed by atoms with Crippen LogP contribution in [0.5, 0.6) is 0 Å². The minimum absolute atomic E-state index is 0.0254. The highest BCUT2D eigenvalue weighted by Gasteiger charge is 2.56. The number of likely N-dealkylation sites (tertiary alicyclic amines) is 1. The third-order valence-corrected chi connectivity index (χ3v) is 2.95. The van der Waals surface area contributed by atoms with Crippen LogP contribution in [-0.2, 0) is 19.2 Å². The number of amides is 2. The standard InChI is InChI=1S/C11H16N2O6/c1-11(2,3)18-10(17)13-4-5-7(6(13)9(15)16)19-12-8(5)14/h5-7H,4H2,1-3H3,(H,12,14)(H,15,16)/t5-,6-,7-/m1/s1. The number of hydroxylamine groups is 1. The van der Waals surface area contributed by atoms with E-state index in [1.807, 2.05) is 0 Å². The van der Waals surface area contributed by atoms with Crippen LogP contribution in [0.1, 0.15) is 20.8 Å². The van der Waals surface area contributed by atoms with Crippen LogP contribution in [0.4, 0.5) is 4.79 Å². The van der Waals surface area contributed by atoms with Crippen molar-refractivity contribution in [1.82, 2.24) is 10.4 Å². The second kappa shape index (κ2) is 4.37. The Balaban J connectivity index is 2.18. The number of carboxylic acid groups (broad SMARTS) is 1. The van der Waals surface area contributed by atoms with Crippen molar-refractivity contribution in [2.75, 3.05) is 6.54 Å². The Hall–Kier alpha value is -1.83. The van der Waals surface area contributed by atoms with Crippen LogP contribution in [0.25, 0.3) is 0 Å². The first kappa shape index (κ1) is 13.6. The Morgan fingerprint density at radius 2 is 2.11 bits per heavy atom. The Morgan fingerprint density at radius 3 is 2.63 bits per heavy atom. The fourth-order valence-electron chi connectivity index (χ4n) is 2.19. The van der Waals surface area contributed by atoms with Gasteiger partial charge in [0.25, 0.3) is 5.91 Å². The summed E-state index contributed by atoms with van der Waals surface area (Å²) in [7, 11) is 0. The van der Waals surface area contributed by atoms with Crippen LogP contribution < -0.4 is 5.48 Å². The van der Waals surface area contributed by atoms with Crippen LogP contribution in [-0.4, -0.2) is 52.3 Å². The molecule has 19 heavy (non-hydrogen) atoms. The zero-order valence-electron chi connectivity index (χ0n) is 10.9. The Labute approximate surface area is 109 Å². The van der Waals surface area contributed by atoms with Gasteiger partial charge in [0.05, 0.1) is 5.92 Å². The minimum atomic E-state index is -1.23. The molecule has 0 aromatic heterocycles. The average Bonchev–Trinajstić information content (AvgIpc) is 2.76. The third-order valence-electron chi connectivity index (χ3n) is 2.95. The molecule has 2 rings (SSSR count). The number of hydrogen-bond donors (Lipinski definition) is 2. The lowest BCUT2D eigenvalue weighted by atomic mass is 10.0. The summed E-state index contributed by atoms with van der Waals surface area (Å²) in [6, 6.07) is -1.22. The molecule has 2 N–H and O–H groups in total. The van der Waals surface area contributed by atoms with Crippen molar-refractivity contribution < 1.29 is 29.1 Å². The lowest BCUT2D eigenvalue weighted by Crippen LogP contribution is -2.48. The molecular formula is C11H16N2O6. The molecule has 0 spiro atoms. The lowest BCUT2D eigenvalue weighted by molar-refractivity contribution is -0.148. The van der Waals surface area contributed by atoms with Gasteiger partial charge in [-0.25, -0.2) is 15.1 Å². The van der Waals surface area contributed by atoms with E-state index in [4.69, 9.17) is 9.57 Å². The number of carbonyl (C=O) groups is 3. The first-order valence-corrected chi connectivity index (χ1v) is 5.88. The molecule has 3 atom stereocenters. The Bertz CT molecular complexity index is 429. The molecule has 8 nitrogen and oxygen atoms in total. The number of hydrogen-bond acceptors (Lipinski definition) is 5. The molecule has 0 aliphatic carbocycles. The van der Waals surface area contributed by atoms with Gasteiger partial charge >= 0.3 is 12.1 Å². The maximum Gasteiger partial charge on any atom is 0.411 e. The number of aliphatic carboxylic acids is 1. The third kappa shape index (κ3) is 2.48. The highest BCUT2D eigenvalue weighted by atomic mass is 16.7. The van der Waals surface area contributed by atoms with Gasteiger partial charge in [-0.1, -0.05) is 0 Å². The molecule has 0 radical (unpaired) electrons. The van der Waals surface area contributed by atoms with Crippen LogP contribution in [0, 0.1) is 5.92 Å². The molecule has 2 aliphatic rings. The van der Waals surface area contributed by atoms with E-state index in [-0.39, 0.29) is 6.54 Å². The van der Waals surface area contributed by atoms with E-state index in [2.05, 4.69) is 5.48 Å². The summed E-state index contributed by atoms with van der Waals surface area (Å²) in [6.45, 7) is 5.02. The van der Waals surface area contributed by atoms with Crippen molar-refractivity contribution in [3.8, 4) is 0 Å². The fraction of sp³-hybridized carbons (Fsp3) is 0.727. The van der Waals surface area contributed by atoms with Gasteiger partial charge in [0.1, 0.15) is 11.7 Å². The van der Waals surface area contributed by atoms with Gasteiger partial charge in [0, 0.05) is 6.54 Å². The molecule has 2 aliphatic heterocycles. The molecule has 2 amide bonds. The van der Waals surface area contributed by atoms with E-state index in [1.54, 1.807) is 20.8 Å². The second-order valence-corrected chi connectivity index (χ2v) is 5.57. The number of rotatable bonds is 1. The van der Waals surface area contributed by atoms with Gasteiger partial charge in [-0.15, -0.1) is 0 Å². The number of fused-ring (bicyclic) bond motifs is 1. The van der Waals surface area contributed by atoms with Crippen LogP contribution in [0.15, 0.2) is 0 Å². The maximum absolute atomic E-state index is 12.0. The van der Waals surface area contributed by atoms with E-state index in [0.717, 1.165) is 4.90 Å². The summed E-state index contributed by atoms with van der Waals surface area (Å²) in [5, 5.41) is 9.20. The van der Waals surface area contributed by atoms with Gasteiger partial charge in [-0.2, -0.15) is 0 Å². The topological polar surface area (TPSA) is 105 Å². The van der Waals surface area contributed by atoms with Crippen LogP contribution >= 0.6 is 0 Å². The van der Waals surface area contributed by atoms with E-state index in [1.165, 1.54) is 0 Å². The average molecular weight is 272 g/mol. The molecule has 8 heteroatoms. The van der Waals surface area contributed by atoms with E-state index >= 15 is 0 Å². The predicted octanol–water partition coefficient (Wildman–Crippen LogP) is -0.263. The van der Waals surface area contributed by atoms with Crippen LogP contribution in [0.3, 0.4) is 0 Å². The molecule has 0 aromatic carbocycles. The van der Waals surface area contributed by atoms with Crippen LogP contribution in [0.2, 0.25) is 0 Å². The lowest BCUT2D eigenvalue weighted by Gasteiger charge is -2.27. The molecule has 2 saturated heterocycles. The van der Waals surface area contributed by atoms with Crippen molar-refractivity contribution in [2.24, 2.45) is 5.92 Å². The molecule has 0 saturated carbocycles. The van der Waals surface area contributed by atoms with Gasteiger partial charge in [-0.05, 0) is 20.8 Å². The van der Waals surface area contributed by atoms with Gasteiger partial charge in [-0.3, -0.25) is 14.5 Å². The van der Waals surface area contributed by atoms with Crippen molar-refractivity contribution >= 4 is 18.0 Å². The first-order valence-electron chi connectivity index (χ1n) is 5.88. The highest BCUT2D eigenvalue weighted by Crippen LogP contribution is 2.31. The van der Waals surface area contributed by atoms with Crippen molar-refractivity contribution in [1.29, 1.82) is 0 Å². The molecule has 2 heterocycles. The molecule has 0 unspecified atom stereocenters. The Kier molecular flexibility index (Phi) is 3.13. The number of carbonyl (C=O) groups excluding carboxylic acids is 2. The van der Waals surface area contributed by atoms with Gasteiger partial charge in [0.2, 0.25) is 0 Å². The zero-order chi connectivity index (χ0) is 14.4. The summed E-state index contributed by atoms with van der Waals surface area (Å²) in [5.74, 6) is -2.31. The smallest absolute Gasteiger partial charge is 0.411 e. The quantitative estimate of drug-likeness (QED) is 0.681. The summed E-state index contributed by atoms with van der Waals surface area (Å²) in [4.78, 5) is 40.7. The van der Waals surface area contributed by atoms with Crippen molar-refractivity contribution in [3.63, 3.8) is 0 Å². The second-order valence-electron chi connectivity index (χ2n) is 5.57. The predicted molar refractivity (Wildman–Crippen MR) is 60.9 cm³/mol. The number of nitrogens with one attached hydrogen (secondary N) is 1. The van der Waals surface area contributed by atoms with Crippen molar-refractivity contribution in [2.45, 2.75) is 38.5 Å². The normalized spacial score (nSPS) is 29.9. The number of carboxylic acids is 1. The summed E-state index contributed by atoms with van der Waals surface area (Å²) in [5.41, 5.74) is 1.40. The molecule has 0 aromatic rings. The zero-order valence-corrected chi connectivity index (χ0v) is 10.9. The molecule has 106 valence electrons. The molecule has 2 fully saturated rings. The van der Waals surface area contributed by atoms with E-state index in [0.29, 0.717) is 0 Å². The number of ether oxygens (including phenoxy) is 1. The van der Waals surface area contributed by atoms with Gasteiger partial charge in [0.15, 0.2) is 6.04 Å². The summed E-state index contributed by atoms with van der Waals surface area (Å²) in [6.07, 6.45) is -1.64. The molecule has 0 bridgehead atoms.